The van der Waals surface area contributed by atoms with Crippen molar-refractivity contribution in [3.63, 3.8) is 0 Å². The van der Waals surface area contributed by atoms with E-state index >= 15 is 0 Å². The van der Waals surface area contributed by atoms with Crippen LogP contribution < -0.4 is 0 Å². The summed E-state index contributed by atoms with van der Waals surface area (Å²) in [7, 11) is 0. The quantitative estimate of drug-likeness (QED) is 0.263. The van der Waals surface area contributed by atoms with Gasteiger partial charge in [0.05, 0.1) is 23.2 Å². The molecule has 1 saturated carbocycles. The third kappa shape index (κ3) is 4.27. The van der Waals surface area contributed by atoms with Crippen molar-refractivity contribution in [2.45, 2.75) is 37.4 Å². The van der Waals surface area contributed by atoms with Crippen LogP contribution in [0.25, 0.3) is 0 Å². The fourth-order valence-corrected chi connectivity index (χ4v) is 4.32. The van der Waals surface area contributed by atoms with Crippen molar-refractivity contribution < 1.29 is 23.4 Å². The van der Waals surface area contributed by atoms with Crippen molar-refractivity contribution >= 4 is 46.1 Å². The zero-order valence-electron chi connectivity index (χ0n) is 17.1. The minimum absolute atomic E-state index is 0.00579. The van der Waals surface area contributed by atoms with Crippen molar-refractivity contribution in [3.8, 4) is 0 Å². The zero-order chi connectivity index (χ0) is 23.0. The summed E-state index contributed by atoms with van der Waals surface area (Å²) in [5, 5.41) is 8.51. The van der Waals surface area contributed by atoms with Crippen LogP contribution >= 0.6 is 23.2 Å². The summed E-state index contributed by atoms with van der Waals surface area (Å²) in [6.45, 7) is 1.78. The number of hydrogen-bond acceptors (Lipinski definition) is 8. The highest BCUT2D eigenvalue weighted by molar-refractivity contribution is 7.90. The van der Waals surface area contributed by atoms with Gasteiger partial charge in [0, 0.05) is 28.2 Å². The highest BCUT2D eigenvalue weighted by Crippen LogP contribution is 2.43. The summed E-state index contributed by atoms with van der Waals surface area (Å²) < 4.78 is 23.8. The van der Waals surface area contributed by atoms with Crippen LogP contribution in [0.1, 0.15) is 63.4 Å². The second kappa shape index (κ2) is 9.22. The van der Waals surface area contributed by atoms with Crippen LogP contribution in [0.5, 0.6) is 0 Å². The van der Waals surface area contributed by atoms with E-state index in [1.54, 1.807) is 6.92 Å². The van der Waals surface area contributed by atoms with Crippen LogP contribution in [0, 0.1) is 0 Å². The Balaban J connectivity index is 1.82. The maximum absolute atomic E-state index is 13.7. The van der Waals surface area contributed by atoms with E-state index in [1.807, 2.05) is 0 Å². The monoisotopic (exact) mass is 496 g/mol. The average molecular weight is 497 g/mol. The standard InChI is InChI=1S/C20H18Cl2N4O5S/c1-3-30-19(28)16-14(18(31-25-16)10-4-5-10)17(27)11-6-7-13(21)15(22)12(11)8-26-20(32(2)29)23-9-24-26/h6-7,9-10H,3-5,8H2,1-2H3. The molecule has 1 aliphatic rings. The molecular weight excluding hydrogens is 479 g/mol. The molecule has 1 atom stereocenters. The second-order valence-corrected chi connectivity index (χ2v) is 9.19. The topological polar surface area (TPSA) is 123 Å². The lowest BCUT2D eigenvalue weighted by Gasteiger charge is -2.13. The lowest BCUT2D eigenvalue weighted by molar-refractivity contribution is 0.0512. The number of carbonyl (C=O) groups is 2. The molecule has 1 aromatic carbocycles. The Morgan fingerprint density at radius 3 is 2.75 bits per heavy atom. The number of halogens is 2. The Morgan fingerprint density at radius 2 is 2.09 bits per heavy atom. The predicted octanol–water partition coefficient (Wildman–Crippen LogP) is 3.64. The average Bonchev–Trinajstić information content (AvgIpc) is 3.32. The third-order valence-corrected chi connectivity index (χ3v) is 6.62. The van der Waals surface area contributed by atoms with E-state index < -0.39 is 22.9 Å². The van der Waals surface area contributed by atoms with E-state index in [4.69, 9.17) is 32.5 Å². The number of hydrogen-bond donors (Lipinski definition) is 0. The first-order valence-corrected chi connectivity index (χ1v) is 12.0. The highest BCUT2D eigenvalue weighted by Gasteiger charge is 2.38. The summed E-state index contributed by atoms with van der Waals surface area (Å²) in [5.41, 5.74) is 0.424. The minimum atomic E-state index is -1.41. The van der Waals surface area contributed by atoms with Gasteiger partial charge in [-0.2, -0.15) is 10.1 Å². The third-order valence-electron chi connectivity index (χ3n) is 4.95. The first-order valence-electron chi connectivity index (χ1n) is 9.72. The van der Waals surface area contributed by atoms with Gasteiger partial charge in [0.1, 0.15) is 18.1 Å². The van der Waals surface area contributed by atoms with Crippen LogP contribution in [0.4, 0.5) is 0 Å². The molecule has 12 heteroatoms. The lowest BCUT2D eigenvalue weighted by atomic mass is 9.95. The molecule has 0 bridgehead atoms. The van der Waals surface area contributed by atoms with Gasteiger partial charge in [-0.1, -0.05) is 28.4 Å². The molecule has 4 rings (SSSR count). The number of nitrogens with zero attached hydrogens (tertiary/aromatic N) is 4. The molecule has 9 nitrogen and oxygen atoms in total. The van der Waals surface area contributed by atoms with Gasteiger partial charge in [0.2, 0.25) is 5.69 Å². The predicted molar refractivity (Wildman–Crippen MR) is 116 cm³/mol. The van der Waals surface area contributed by atoms with Crippen LogP contribution in [-0.2, 0) is 22.5 Å². The zero-order valence-corrected chi connectivity index (χ0v) is 19.5. The van der Waals surface area contributed by atoms with Gasteiger partial charge >= 0.3 is 11.1 Å². The Morgan fingerprint density at radius 1 is 1.34 bits per heavy atom. The van der Waals surface area contributed by atoms with Gasteiger partial charge in [-0.05, 0) is 31.9 Å². The summed E-state index contributed by atoms with van der Waals surface area (Å²) in [6.07, 6.45) is 4.39. The van der Waals surface area contributed by atoms with Gasteiger partial charge < -0.3 is 13.8 Å². The molecule has 1 aliphatic carbocycles. The number of carbonyl (C=O) groups excluding carboxylic acids is 2. The van der Waals surface area contributed by atoms with Crippen molar-refractivity contribution in [1.29, 1.82) is 0 Å². The summed E-state index contributed by atoms with van der Waals surface area (Å²) in [6, 6.07) is 3.01. The Kier molecular flexibility index (Phi) is 6.57. The van der Waals surface area contributed by atoms with E-state index in [9.17, 15) is 14.1 Å². The van der Waals surface area contributed by atoms with Crippen molar-refractivity contribution in [1.82, 2.24) is 19.9 Å². The second-order valence-electron chi connectivity index (χ2n) is 7.14. The fourth-order valence-electron chi connectivity index (χ4n) is 3.31. The highest BCUT2D eigenvalue weighted by atomic mass is 35.5. The molecule has 0 spiro atoms. The molecule has 1 fully saturated rings. The number of ether oxygens (including phenoxy) is 1. The molecule has 0 aliphatic heterocycles. The smallest absolute Gasteiger partial charge is 0.361 e. The maximum Gasteiger partial charge on any atom is 0.361 e. The Bertz CT molecular complexity index is 1190. The summed E-state index contributed by atoms with van der Waals surface area (Å²) >= 11 is 11.3. The van der Waals surface area contributed by atoms with Crippen molar-refractivity contribution in [2.24, 2.45) is 0 Å². The Labute approximate surface area is 196 Å². The normalized spacial score (nSPS) is 14.4. The maximum atomic E-state index is 13.7. The molecule has 3 aromatic rings. The van der Waals surface area contributed by atoms with E-state index in [0.717, 1.165) is 12.8 Å². The van der Waals surface area contributed by atoms with E-state index in [-0.39, 0.29) is 51.1 Å². The first kappa shape index (κ1) is 22.8. The summed E-state index contributed by atoms with van der Waals surface area (Å²) in [4.78, 5) is 30.1. The molecule has 0 saturated heterocycles. The van der Waals surface area contributed by atoms with E-state index in [1.165, 1.54) is 29.4 Å². The van der Waals surface area contributed by atoms with Crippen LogP contribution in [0.15, 0.2) is 28.1 Å². The molecular formula is C20H18Cl2N4O5S. The number of aromatic nitrogens is 4. The van der Waals surface area contributed by atoms with Gasteiger partial charge in [-0.25, -0.2) is 9.48 Å². The molecule has 2 aromatic heterocycles. The SMILES string of the molecule is CCOC(=O)c1noc(C2CC2)c1C(=O)c1ccc(Cl)c(Cl)c1Cn1ncnc1[S+](C)[O-]. The van der Waals surface area contributed by atoms with Gasteiger partial charge in [0.15, 0.2) is 11.5 Å². The van der Waals surface area contributed by atoms with Gasteiger partial charge in [-0.15, -0.1) is 0 Å². The molecule has 1 unspecified atom stereocenters. The van der Waals surface area contributed by atoms with Crippen molar-refractivity contribution in [3.05, 3.63) is 56.6 Å². The number of esters is 1. The number of benzene rings is 1. The number of rotatable bonds is 8. The van der Waals surface area contributed by atoms with Crippen LogP contribution in [0.2, 0.25) is 10.0 Å². The van der Waals surface area contributed by atoms with E-state index in [0.29, 0.717) is 11.3 Å². The molecule has 168 valence electrons. The summed E-state index contributed by atoms with van der Waals surface area (Å²) in [5.74, 6) is -0.872. The lowest BCUT2D eigenvalue weighted by Crippen LogP contribution is -2.17. The van der Waals surface area contributed by atoms with Crippen LogP contribution in [-0.4, -0.2) is 49.1 Å². The van der Waals surface area contributed by atoms with E-state index in [2.05, 4.69) is 15.2 Å². The van der Waals surface area contributed by atoms with Gasteiger partial charge in [0.25, 0.3) is 0 Å². The first-order chi connectivity index (χ1) is 15.3. The molecule has 0 radical (unpaired) electrons. The Hall–Kier alpha value is -2.40. The fraction of sp³-hybridized carbons (Fsp3) is 0.350. The van der Waals surface area contributed by atoms with Crippen molar-refractivity contribution in [2.75, 3.05) is 12.9 Å². The molecule has 0 amide bonds. The largest absolute Gasteiger partial charge is 0.609 e. The molecule has 2 heterocycles. The van der Waals surface area contributed by atoms with Gasteiger partial charge in [-0.3, -0.25) is 4.79 Å². The number of ketones is 1. The molecule has 32 heavy (non-hydrogen) atoms. The molecule has 0 N–H and O–H groups in total. The van der Waals surface area contributed by atoms with Crippen LogP contribution in [0.3, 0.4) is 0 Å². The minimum Gasteiger partial charge on any atom is -0.609 e.